The maximum atomic E-state index is 11.0. The molecule has 1 aromatic carbocycles. The van der Waals surface area contributed by atoms with Crippen LogP contribution in [0.15, 0.2) is 18.2 Å². The van der Waals surface area contributed by atoms with Gasteiger partial charge in [0.25, 0.3) is 0 Å². The molecule has 5 nitrogen and oxygen atoms in total. The summed E-state index contributed by atoms with van der Waals surface area (Å²) in [6, 6.07) is 4.93. The zero-order valence-corrected chi connectivity index (χ0v) is 10.4. The van der Waals surface area contributed by atoms with Crippen LogP contribution in [-0.4, -0.2) is 29.8 Å². The van der Waals surface area contributed by atoms with Gasteiger partial charge in [-0.25, -0.2) is 4.79 Å². The monoisotopic (exact) mass is 250 g/mol. The standard InChI is InChI=1S/C13H18N2O3/c1-13(5-2-6-18-13)8-15-9-3-4-11(14)10(7-9)12(16)17/h3-4,7,15H,2,5-6,8,14H2,1H3,(H,16,17). The van der Waals surface area contributed by atoms with Gasteiger partial charge in [-0.3, -0.25) is 0 Å². The summed E-state index contributed by atoms with van der Waals surface area (Å²) >= 11 is 0. The van der Waals surface area contributed by atoms with Gasteiger partial charge in [-0.05, 0) is 38.0 Å². The van der Waals surface area contributed by atoms with Crippen molar-refractivity contribution in [1.29, 1.82) is 0 Å². The van der Waals surface area contributed by atoms with Crippen LogP contribution < -0.4 is 11.1 Å². The Labute approximate surface area is 106 Å². The molecule has 1 aliphatic rings. The summed E-state index contributed by atoms with van der Waals surface area (Å²) in [5.41, 5.74) is 6.58. The molecule has 1 atom stereocenters. The number of aromatic carboxylic acids is 1. The Morgan fingerprint density at radius 1 is 1.61 bits per heavy atom. The molecule has 5 heteroatoms. The minimum atomic E-state index is -1.01. The zero-order valence-electron chi connectivity index (χ0n) is 10.4. The first-order chi connectivity index (χ1) is 8.50. The van der Waals surface area contributed by atoms with E-state index in [9.17, 15) is 4.79 Å². The number of hydrogen-bond acceptors (Lipinski definition) is 4. The maximum Gasteiger partial charge on any atom is 0.337 e. The first kappa shape index (κ1) is 12.7. The minimum absolute atomic E-state index is 0.123. The summed E-state index contributed by atoms with van der Waals surface area (Å²) in [5.74, 6) is -1.01. The van der Waals surface area contributed by atoms with Crippen molar-refractivity contribution in [3.63, 3.8) is 0 Å². The second-order valence-corrected chi connectivity index (χ2v) is 4.86. The average molecular weight is 250 g/mol. The van der Waals surface area contributed by atoms with E-state index in [4.69, 9.17) is 15.6 Å². The van der Waals surface area contributed by atoms with Crippen molar-refractivity contribution in [2.24, 2.45) is 0 Å². The van der Waals surface area contributed by atoms with E-state index in [-0.39, 0.29) is 16.9 Å². The highest BCUT2D eigenvalue weighted by Gasteiger charge is 2.29. The van der Waals surface area contributed by atoms with Gasteiger partial charge in [-0.1, -0.05) is 0 Å². The van der Waals surface area contributed by atoms with Gasteiger partial charge < -0.3 is 20.9 Å². The molecule has 1 heterocycles. The van der Waals surface area contributed by atoms with Crippen molar-refractivity contribution in [2.45, 2.75) is 25.4 Å². The molecule has 1 fully saturated rings. The van der Waals surface area contributed by atoms with Crippen molar-refractivity contribution in [3.05, 3.63) is 23.8 Å². The smallest absolute Gasteiger partial charge is 0.337 e. The number of nitrogen functional groups attached to an aromatic ring is 1. The van der Waals surface area contributed by atoms with Crippen LogP contribution in [0.5, 0.6) is 0 Å². The lowest BCUT2D eigenvalue weighted by atomic mass is 10.0. The third kappa shape index (κ3) is 2.73. The van der Waals surface area contributed by atoms with Crippen LogP contribution in [-0.2, 0) is 4.74 Å². The first-order valence-corrected chi connectivity index (χ1v) is 6.01. The van der Waals surface area contributed by atoms with Crippen molar-refractivity contribution in [3.8, 4) is 0 Å². The lowest BCUT2D eigenvalue weighted by Crippen LogP contribution is -2.32. The molecule has 0 aromatic heterocycles. The zero-order chi connectivity index (χ0) is 13.2. The predicted molar refractivity (Wildman–Crippen MR) is 69.9 cm³/mol. The highest BCUT2D eigenvalue weighted by molar-refractivity contribution is 5.94. The van der Waals surface area contributed by atoms with E-state index in [0.29, 0.717) is 6.54 Å². The van der Waals surface area contributed by atoms with Gasteiger partial charge in [0.1, 0.15) is 0 Å². The quantitative estimate of drug-likeness (QED) is 0.711. The molecule has 1 aliphatic heterocycles. The average Bonchev–Trinajstić information content (AvgIpc) is 2.75. The third-order valence-electron chi connectivity index (χ3n) is 3.25. The molecule has 0 amide bonds. The van der Waals surface area contributed by atoms with Crippen LogP contribution in [0.1, 0.15) is 30.1 Å². The SMILES string of the molecule is CC1(CNc2ccc(N)c(C(=O)O)c2)CCCO1. The highest BCUT2D eigenvalue weighted by atomic mass is 16.5. The van der Waals surface area contributed by atoms with Crippen molar-refractivity contribution in [1.82, 2.24) is 0 Å². The Balaban J connectivity index is 2.05. The van der Waals surface area contributed by atoms with Crippen molar-refractivity contribution in [2.75, 3.05) is 24.2 Å². The summed E-state index contributed by atoms with van der Waals surface area (Å²) in [7, 11) is 0. The summed E-state index contributed by atoms with van der Waals surface area (Å²) in [6.45, 7) is 3.51. The third-order valence-corrected chi connectivity index (χ3v) is 3.25. The molecule has 0 aliphatic carbocycles. The van der Waals surface area contributed by atoms with E-state index in [1.54, 1.807) is 18.2 Å². The molecule has 0 bridgehead atoms. The van der Waals surface area contributed by atoms with E-state index in [1.165, 1.54) is 0 Å². The first-order valence-electron chi connectivity index (χ1n) is 6.01. The Morgan fingerprint density at radius 3 is 3.00 bits per heavy atom. The number of rotatable bonds is 4. The van der Waals surface area contributed by atoms with E-state index in [2.05, 4.69) is 12.2 Å². The Morgan fingerprint density at radius 2 is 2.39 bits per heavy atom. The van der Waals surface area contributed by atoms with Gasteiger partial charge in [0, 0.05) is 24.5 Å². The highest BCUT2D eigenvalue weighted by Crippen LogP contribution is 2.26. The molecule has 1 saturated heterocycles. The molecule has 1 unspecified atom stereocenters. The van der Waals surface area contributed by atoms with Crippen LogP contribution in [0.3, 0.4) is 0 Å². The molecule has 18 heavy (non-hydrogen) atoms. The maximum absolute atomic E-state index is 11.0. The molecule has 4 N–H and O–H groups in total. The van der Waals surface area contributed by atoms with Crippen LogP contribution >= 0.6 is 0 Å². The predicted octanol–water partition coefficient (Wildman–Crippen LogP) is 1.95. The van der Waals surface area contributed by atoms with Crippen molar-refractivity contribution >= 4 is 17.3 Å². The number of nitrogens with two attached hydrogens (primary N) is 1. The topological polar surface area (TPSA) is 84.6 Å². The van der Waals surface area contributed by atoms with Crippen LogP contribution in [0.2, 0.25) is 0 Å². The van der Waals surface area contributed by atoms with E-state index in [1.807, 2.05) is 0 Å². The number of hydrogen-bond donors (Lipinski definition) is 3. The van der Waals surface area contributed by atoms with Crippen molar-refractivity contribution < 1.29 is 14.6 Å². The molecule has 98 valence electrons. The number of ether oxygens (including phenoxy) is 1. The van der Waals surface area contributed by atoms with Gasteiger partial charge in [0.05, 0.1) is 11.2 Å². The summed E-state index contributed by atoms with van der Waals surface area (Å²) < 4.78 is 5.66. The molecule has 2 rings (SSSR count). The molecular formula is C13H18N2O3. The van der Waals surface area contributed by atoms with Gasteiger partial charge in [-0.2, -0.15) is 0 Å². The normalized spacial score (nSPS) is 22.9. The molecule has 1 aromatic rings. The summed E-state index contributed by atoms with van der Waals surface area (Å²) in [6.07, 6.45) is 2.08. The summed E-state index contributed by atoms with van der Waals surface area (Å²) in [4.78, 5) is 11.0. The Hall–Kier alpha value is -1.75. The Bertz CT molecular complexity index is 454. The van der Waals surface area contributed by atoms with Gasteiger partial charge >= 0.3 is 5.97 Å². The number of nitrogens with one attached hydrogen (secondary N) is 1. The fourth-order valence-electron chi connectivity index (χ4n) is 2.12. The number of carbonyl (C=O) groups is 1. The van der Waals surface area contributed by atoms with E-state index < -0.39 is 5.97 Å². The second-order valence-electron chi connectivity index (χ2n) is 4.86. The lowest BCUT2D eigenvalue weighted by molar-refractivity contribution is 0.0315. The fraction of sp³-hybridized carbons (Fsp3) is 0.462. The van der Waals surface area contributed by atoms with Crippen LogP contribution in [0, 0.1) is 0 Å². The number of carboxylic acid groups (broad SMARTS) is 1. The number of anilines is 2. The molecular weight excluding hydrogens is 232 g/mol. The fourth-order valence-corrected chi connectivity index (χ4v) is 2.12. The lowest BCUT2D eigenvalue weighted by Gasteiger charge is -2.24. The largest absolute Gasteiger partial charge is 0.478 e. The van der Waals surface area contributed by atoms with Crippen LogP contribution in [0.25, 0.3) is 0 Å². The van der Waals surface area contributed by atoms with E-state index in [0.717, 1.165) is 25.1 Å². The molecule has 0 radical (unpaired) electrons. The van der Waals surface area contributed by atoms with Gasteiger partial charge in [0.15, 0.2) is 0 Å². The van der Waals surface area contributed by atoms with Gasteiger partial charge in [-0.15, -0.1) is 0 Å². The summed E-state index contributed by atoms with van der Waals surface area (Å²) in [5, 5.41) is 12.2. The minimum Gasteiger partial charge on any atom is -0.478 e. The van der Waals surface area contributed by atoms with Crippen LogP contribution in [0.4, 0.5) is 11.4 Å². The second kappa shape index (κ2) is 4.86. The Kier molecular flexibility index (Phi) is 3.43. The molecule has 0 saturated carbocycles. The molecule has 0 spiro atoms. The number of carboxylic acids is 1. The van der Waals surface area contributed by atoms with Gasteiger partial charge in [0.2, 0.25) is 0 Å². The number of benzene rings is 1. The van der Waals surface area contributed by atoms with E-state index >= 15 is 0 Å².